The van der Waals surface area contributed by atoms with Gasteiger partial charge < -0.3 is 15.4 Å². The van der Waals surface area contributed by atoms with E-state index < -0.39 is 10.8 Å². The summed E-state index contributed by atoms with van der Waals surface area (Å²) in [4.78, 5) is 34.6. The number of hydrogen-bond donors (Lipinski definition) is 2. The molecule has 0 radical (unpaired) electrons. The van der Waals surface area contributed by atoms with E-state index in [1.807, 2.05) is 0 Å². The molecule has 0 saturated carbocycles. The Kier molecular flexibility index (Phi) is 6.48. The summed E-state index contributed by atoms with van der Waals surface area (Å²) >= 11 is 0. The van der Waals surface area contributed by atoms with Gasteiger partial charge in [-0.15, -0.1) is 0 Å². The SMILES string of the molecule is CCOc1ccc(C(=O)Nc2ccc(NC(=O)C(C)C)cc2)cc1[N+](=O)[O-]. The second-order valence-electron chi connectivity index (χ2n) is 6.05. The first-order valence-electron chi connectivity index (χ1n) is 8.45. The molecule has 8 heteroatoms. The van der Waals surface area contributed by atoms with E-state index in [1.54, 1.807) is 45.0 Å². The number of carbonyl (C=O) groups is 2. The van der Waals surface area contributed by atoms with Crippen LogP contribution in [0, 0.1) is 16.0 Å². The summed E-state index contributed by atoms with van der Waals surface area (Å²) in [6.07, 6.45) is 0. The van der Waals surface area contributed by atoms with E-state index in [1.165, 1.54) is 18.2 Å². The molecule has 8 nitrogen and oxygen atoms in total. The van der Waals surface area contributed by atoms with Gasteiger partial charge in [-0.3, -0.25) is 19.7 Å². The number of carbonyl (C=O) groups excluding carboxylic acids is 2. The van der Waals surface area contributed by atoms with Crippen molar-refractivity contribution in [2.75, 3.05) is 17.2 Å². The fourth-order valence-electron chi connectivity index (χ4n) is 2.21. The van der Waals surface area contributed by atoms with Crippen LogP contribution in [0.25, 0.3) is 0 Å². The number of nitro groups is 1. The average molecular weight is 371 g/mol. The van der Waals surface area contributed by atoms with Gasteiger partial charge in [-0.2, -0.15) is 0 Å². The third-order valence-corrected chi connectivity index (χ3v) is 3.65. The van der Waals surface area contributed by atoms with Crippen LogP contribution in [0.1, 0.15) is 31.1 Å². The number of anilines is 2. The molecule has 2 rings (SSSR count). The molecule has 2 amide bonds. The van der Waals surface area contributed by atoms with Gasteiger partial charge in [0.1, 0.15) is 0 Å². The summed E-state index contributed by atoms with van der Waals surface area (Å²) in [6.45, 7) is 5.59. The Morgan fingerprint density at radius 3 is 2.19 bits per heavy atom. The Balaban J connectivity index is 2.11. The van der Waals surface area contributed by atoms with Crippen molar-refractivity contribution in [1.82, 2.24) is 0 Å². The summed E-state index contributed by atoms with van der Waals surface area (Å²) in [5, 5.41) is 16.6. The first-order valence-corrected chi connectivity index (χ1v) is 8.45. The third-order valence-electron chi connectivity index (χ3n) is 3.65. The lowest BCUT2D eigenvalue weighted by atomic mass is 10.1. The van der Waals surface area contributed by atoms with E-state index in [9.17, 15) is 19.7 Å². The molecule has 0 bridgehead atoms. The van der Waals surface area contributed by atoms with Crippen LogP contribution < -0.4 is 15.4 Å². The minimum atomic E-state index is -0.589. The van der Waals surface area contributed by atoms with Gasteiger partial charge in [0.2, 0.25) is 5.91 Å². The van der Waals surface area contributed by atoms with Gasteiger partial charge in [0.05, 0.1) is 11.5 Å². The van der Waals surface area contributed by atoms with Crippen LogP contribution in [-0.2, 0) is 4.79 Å². The zero-order valence-corrected chi connectivity index (χ0v) is 15.3. The zero-order chi connectivity index (χ0) is 20.0. The molecule has 0 fully saturated rings. The Labute approximate surface area is 156 Å². The molecule has 2 aromatic rings. The van der Waals surface area contributed by atoms with Crippen LogP contribution in [0.2, 0.25) is 0 Å². The van der Waals surface area contributed by atoms with Crippen molar-refractivity contribution in [2.45, 2.75) is 20.8 Å². The minimum Gasteiger partial charge on any atom is -0.487 e. The quantitative estimate of drug-likeness (QED) is 0.567. The van der Waals surface area contributed by atoms with Gasteiger partial charge in [-0.25, -0.2) is 0 Å². The second-order valence-corrected chi connectivity index (χ2v) is 6.05. The number of benzene rings is 2. The highest BCUT2D eigenvalue weighted by Crippen LogP contribution is 2.28. The normalized spacial score (nSPS) is 10.4. The number of hydrogen-bond acceptors (Lipinski definition) is 5. The maximum absolute atomic E-state index is 12.4. The standard InChI is InChI=1S/C19H21N3O5/c1-4-27-17-10-5-13(11-16(17)22(25)26)19(24)21-15-8-6-14(7-9-15)20-18(23)12(2)3/h5-12H,4H2,1-3H3,(H,20,23)(H,21,24). The van der Waals surface area contributed by atoms with Crippen LogP contribution in [-0.4, -0.2) is 23.3 Å². The highest BCUT2D eigenvalue weighted by Gasteiger charge is 2.18. The molecule has 0 atom stereocenters. The van der Waals surface area contributed by atoms with E-state index >= 15 is 0 Å². The Morgan fingerprint density at radius 2 is 1.67 bits per heavy atom. The number of ether oxygens (including phenoxy) is 1. The molecule has 0 aliphatic rings. The molecule has 2 aromatic carbocycles. The first kappa shape index (κ1) is 19.9. The molecule has 27 heavy (non-hydrogen) atoms. The second kappa shape index (κ2) is 8.79. The van der Waals surface area contributed by atoms with Crippen molar-refractivity contribution in [3.8, 4) is 5.75 Å². The fourth-order valence-corrected chi connectivity index (χ4v) is 2.21. The molecule has 0 unspecified atom stereocenters. The highest BCUT2D eigenvalue weighted by molar-refractivity contribution is 6.05. The van der Waals surface area contributed by atoms with Gasteiger partial charge in [-0.1, -0.05) is 13.8 Å². The van der Waals surface area contributed by atoms with Crippen LogP contribution in [0.15, 0.2) is 42.5 Å². The molecule has 2 N–H and O–H groups in total. The number of nitrogens with one attached hydrogen (secondary N) is 2. The average Bonchev–Trinajstić information content (AvgIpc) is 2.63. The summed E-state index contributed by atoms with van der Waals surface area (Å²) in [6, 6.07) is 10.6. The highest BCUT2D eigenvalue weighted by atomic mass is 16.6. The monoisotopic (exact) mass is 371 g/mol. The topological polar surface area (TPSA) is 111 Å². The van der Waals surface area contributed by atoms with Gasteiger partial charge in [0, 0.05) is 28.9 Å². The number of amides is 2. The van der Waals surface area contributed by atoms with E-state index in [0.29, 0.717) is 11.4 Å². The minimum absolute atomic E-state index is 0.103. The first-order chi connectivity index (χ1) is 12.8. The maximum Gasteiger partial charge on any atom is 0.311 e. The smallest absolute Gasteiger partial charge is 0.311 e. The summed E-state index contributed by atoms with van der Waals surface area (Å²) in [5.41, 5.74) is 0.987. The van der Waals surface area contributed by atoms with Gasteiger partial charge in [-0.05, 0) is 43.3 Å². The van der Waals surface area contributed by atoms with E-state index in [2.05, 4.69) is 10.6 Å². The molecule has 142 valence electrons. The van der Waals surface area contributed by atoms with Crippen LogP contribution in [0.4, 0.5) is 17.1 Å². The van der Waals surface area contributed by atoms with Gasteiger partial charge in [0.25, 0.3) is 5.91 Å². The van der Waals surface area contributed by atoms with E-state index in [0.717, 1.165) is 0 Å². The molecule has 0 spiro atoms. The molecule has 0 saturated heterocycles. The summed E-state index contributed by atoms with van der Waals surface area (Å²) < 4.78 is 5.21. The van der Waals surface area contributed by atoms with E-state index in [-0.39, 0.29) is 35.4 Å². The largest absolute Gasteiger partial charge is 0.487 e. The van der Waals surface area contributed by atoms with Crippen molar-refractivity contribution in [3.05, 3.63) is 58.1 Å². The molecular formula is C19H21N3O5. The molecule has 0 aliphatic heterocycles. The summed E-state index contributed by atoms with van der Waals surface area (Å²) in [7, 11) is 0. The van der Waals surface area contributed by atoms with Crippen molar-refractivity contribution in [1.29, 1.82) is 0 Å². The molecule has 0 heterocycles. The van der Waals surface area contributed by atoms with Gasteiger partial charge >= 0.3 is 5.69 Å². The molecular weight excluding hydrogens is 350 g/mol. The number of rotatable bonds is 7. The van der Waals surface area contributed by atoms with Crippen LogP contribution in [0.3, 0.4) is 0 Å². The molecule has 0 aromatic heterocycles. The Hall–Kier alpha value is -3.42. The fraction of sp³-hybridized carbons (Fsp3) is 0.263. The van der Waals surface area contributed by atoms with Crippen molar-refractivity contribution < 1.29 is 19.2 Å². The van der Waals surface area contributed by atoms with Crippen molar-refractivity contribution in [3.63, 3.8) is 0 Å². The van der Waals surface area contributed by atoms with E-state index in [4.69, 9.17) is 4.74 Å². The predicted octanol–water partition coefficient (Wildman–Crippen LogP) is 3.84. The Morgan fingerprint density at radius 1 is 1.07 bits per heavy atom. The Bertz CT molecular complexity index is 847. The van der Waals surface area contributed by atoms with Crippen LogP contribution in [0.5, 0.6) is 5.75 Å². The predicted molar refractivity (Wildman–Crippen MR) is 102 cm³/mol. The van der Waals surface area contributed by atoms with Crippen LogP contribution >= 0.6 is 0 Å². The zero-order valence-electron chi connectivity index (χ0n) is 15.3. The number of nitrogens with zero attached hydrogens (tertiary/aromatic N) is 1. The van der Waals surface area contributed by atoms with Gasteiger partial charge in [0.15, 0.2) is 5.75 Å². The van der Waals surface area contributed by atoms with Crippen molar-refractivity contribution >= 4 is 28.9 Å². The van der Waals surface area contributed by atoms with Crippen molar-refractivity contribution in [2.24, 2.45) is 5.92 Å². The lowest BCUT2D eigenvalue weighted by Gasteiger charge is -2.10. The maximum atomic E-state index is 12.4. The lowest BCUT2D eigenvalue weighted by molar-refractivity contribution is -0.385. The lowest BCUT2D eigenvalue weighted by Crippen LogP contribution is -2.17. The summed E-state index contributed by atoms with van der Waals surface area (Å²) in [5.74, 6) is -0.613. The third kappa shape index (κ3) is 5.27. The number of nitro benzene ring substituents is 1. The molecule has 0 aliphatic carbocycles.